The molecular formula is C16H24BrNO. The van der Waals surface area contributed by atoms with Gasteiger partial charge in [0.2, 0.25) is 0 Å². The highest BCUT2D eigenvalue weighted by atomic mass is 79.9. The first-order chi connectivity index (χ1) is 9.04. The smallest absolute Gasteiger partial charge is 0.0645 e. The van der Waals surface area contributed by atoms with Crippen molar-refractivity contribution in [2.75, 3.05) is 0 Å². The average Bonchev–Trinajstić information content (AvgIpc) is 2.43. The van der Waals surface area contributed by atoms with Gasteiger partial charge in [0.05, 0.1) is 5.60 Å². The minimum absolute atomic E-state index is 0.509. The van der Waals surface area contributed by atoms with E-state index in [9.17, 15) is 5.11 Å². The zero-order chi connectivity index (χ0) is 14.3. The Morgan fingerprint density at radius 1 is 1.32 bits per heavy atom. The maximum atomic E-state index is 10.3. The van der Waals surface area contributed by atoms with Crippen LogP contribution in [0, 0.1) is 0 Å². The summed E-state index contributed by atoms with van der Waals surface area (Å²) in [6.07, 6.45) is 10.3. The molecule has 0 aromatic carbocycles. The second-order valence-corrected chi connectivity index (χ2v) is 5.86. The van der Waals surface area contributed by atoms with Gasteiger partial charge in [-0.3, -0.25) is 4.98 Å². The highest BCUT2D eigenvalue weighted by Gasteiger charge is 2.20. The van der Waals surface area contributed by atoms with Gasteiger partial charge < -0.3 is 5.11 Å². The monoisotopic (exact) mass is 325 g/mol. The van der Waals surface area contributed by atoms with Crippen molar-refractivity contribution in [3.63, 3.8) is 0 Å². The Labute approximate surface area is 125 Å². The SMILES string of the molecule is CC/C(=C/CCC(O)(CC)CC)c1cncc(Br)c1. The summed E-state index contributed by atoms with van der Waals surface area (Å²) in [4.78, 5) is 4.21. The Balaban J connectivity index is 2.73. The first-order valence-electron chi connectivity index (χ1n) is 7.07. The van der Waals surface area contributed by atoms with Gasteiger partial charge in [-0.1, -0.05) is 26.8 Å². The number of nitrogens with zero attached hydrogens (tertiary/aromatic N) is 1. The molecule has 0 spiro atoms. The van der Waals surface area contributed by atoms with Crippen LogP contribution in [0.5, 0.6) is 0 Å². The minimum atomic E-state index is -0.509. The molecule has 1 N–H and O–H groups in total. The summed E-state index contributed by atoms with van der Waals surface area (Å²) in [6, 6.07) is 2.09. The third-order valence-electron chi connectivity index (χ3n) is 3.77. The standard InChI is InChI=1S/C16H24BrNO/c1-4-13(14-10-15(17)12-18-11-14)8-7-9-16(19,5-2)6-3/h8,10-12,19H,4-7,9H2,1-3H3/b13-8-. The lowest BCUT2D eigenvalue weighted by Gasteiger charge is -2.24. The van der Waals surface area contributed by atoms with Gasteiger partial charge in [-0.15, -0.1) is 0 Å². The van der Waals surface area contributed by atoms with E-state index >= 15 is 0 Å². The number of rotatable bonds is 7. The van der Waals surface area contributed by atoms with Crippen LogP contribution in [0.3, 0.4) is 0 Å². The van der Waals surface area contributed by atoms with Crippen molar-refractivity contribution in [2.45, 2.75) is 58.5 Å². The van der Waals surface area contributed by atoms with Crippen molar-refractivity contribution in [1.29, 1.82) is 0 Å². The summed E-state index contributed by atoms with van der Waals surface area (Å²) in [5.41, 5.74) is 1.95. The lowest BCUT2D eigenvalue weighted by Crippen LogP contribution is -2.25. The van der Waals surface area contributed by atoms with Gasteiger partial charge in [-0.25, -0.2) is 0 Å². The first-order valence-corrected chi connectivity index (χ1v) is 7.86. The van der Waals surface area contributed by atoms with E-state index in [1.54, 1.807) is 6.20 Å². The van der Waals surface area contributed by atoms with Crippen LogP contribution in [0.1, 0.15) is 58.4 Å². The highest BCUT2D eigenvalue weighted by Crippen LogP contribution is 2.25. The van der Waals surface area contributed by atoms with Crippen LogP contribution < -0.4 is 0 Å². The molecule has 0 saturated heterocycles. The summed E-state index contributed by atoms with van der Waals surface area (Å²) in [7, 11) is 0. The van der Waals surface area contributed by atoms with E-state index in [1.807, 2.05) is 20.0 Å². The van der Waals surface area contributed by atoms with E-state index in [-0.39, 0.29) is 0 Å². The zero-order valence-corrected chi connectivity index (χ0v) is 13.7. The van der Waals surface area contributed by atoms with Crippen molar-refractivity contribution in [2.24, 2.45) is 0 Å². The van der Waals surface area contributed by atoms with Gasteiger partial charge in [0.25, 0.3) is 0 Å². The summed E-state index contributed by atoms with van der Waals surface area (Å²) >= 11 is 3.45. The minimum Gasteiger partial charge on any atom is -0.390 e. The molecule has 0 atom stereocenters. The van der Waals surface area contributed by atoms with E-state index in [1.165, 1.54) is 5.57 Å². The van der Waals surface area contributed by atoms with E-state index in [0.717, 1.165) is 42.1 Å². The number of aromatic nitrogens is 1. The molecular weight excluding hydrogens is 302 g/mol. The Bertz CT molecular complexity index is 425. The summed E-state index contributed by atoms with van der Waals surface area (Å²) < 4.78 is 1.00. The molecule has 0 fully saturated rings. The van der Waals surface area contributed by atoms with E-state index < -0.39 is 5.60 Å². The number of hydrogen-bond acceptors (Lipinski definition) is 2. The second kappa shape index (κ2) is 7.81. The maximum absolute atomic E-state index is 10.3. The van der Waals surface area contributed by atoms with Crippen molar-refractivity contribution in [3.05, 3.63) is 34.6 Å². The summed E-state index contributed by atoms with van der Waals surface area (Å²) in [5.74, 6) is 0. The summed E-state index contributed by atoms with van der Waals surface area (Å²) in [5, 5.41) is 10.3. The maximum Gasteiger partial charge on any atom is 0.0645 e. The molecule has 0 radical (unpaired) electrons. The number of halogens is 1. The average molecular weight is 326 g/mol. The molecule has 1 rings (SSSR count). The molecule has 0 amide bonds. The second-order valence-electron chi connectivity index (χ2n) is 4.94. The van der Waals surface area contributed by atoms with Crippen LogP contribution in [0.25, 0.3) is 5.57 Å². The molecule has 0 aliphatic rings. The van der Waals surface area contributed by atoms with Gasteiger partial charge in [0.1, 0.15) is 0 Å². The van der Waals surface area contributed by atoms with E-state index in [0.29, 0.717) is 0 Å². The van der Waals surface area contributed by atoms with Gasteiger partial charge in [-0.2, -0.15) is 0 Å². The molecule has 1 aromatic heterocycles. The number of allylic oxidation sites excluding steroid dienone is 2. The molecule has 0 aliphatic heterocycles. The van der Waals surface area contributed by atoms with E-state index in [2.05, 4.69) is 40.0 Å². The van der Waals surface area contributed by atoms with Crippen molar-refractivity contribution in [3.8, 4) is 0 Å². The molecule has 1 aromatic rings. The van der Waals surface area contributed by atoms with Crippen LogP contribution in [0.2, 0.25) is 0 Å². The molecule has 3 heteroatoms. The normalized spacial score (nSPS) is 12.8. The van der Waals surface area contributed by atoms with Crippen LogP contribution in [-0.4, -0.2) is 15.7 Å². The number of hydrogen-bond donors (Lipinski definition) is 1. The van der Waals surface area contributed by atoms with Crippen LogP contribution in [-0.2, 0) is 0 Å². The van der Waals surface area contributed by atoms with Crippen molar-refractivity contribution in [1.82, 2.24) is 4.98 Å². The van der Waals surface area contributed by atoms with Gasteiger partial charge >= 0.3 is 0 Å². The number of aliphatic hydroxyl groups is 1. The van der Waals surface area contributed by atoms with Crippen LogP contribution in [0.4, 0.5) is 0 Å². The van der Waals surface area contributed by atoms with Crippen molar-refractivity contribution >= 4 is 21.5 Å². The fourth-order valence-corrected chi connectivity index (χ4v) is 2.54. The molecule has 106 valence electrons. The third kappa shape index (κ3) is 5.07. The summed E-state index contributed by atoms with van der Waals surface area (Å²) in [6.45, 7) is 6.25. The van der Waals surface area contributed by atoms with Gasteiger partial charge in [0, 0.05) is 16.9 Å². The fraction of sp³-hybridized carbons (Fsp3) is 0.562. The lowest BCUT2D eigenvalue weighted by atomic mass is 9.91. The molecule has 0 unspecified atom stereocenters. The Kier molecular flexibility index (Phi) is 6.73. The third-order valence-corrected chi connectivity index (χ3v) is 4.21. The zero-order valence-electron chi connectivity index (χ0n) is 12.1. The Morgan fingerprint density at radius 2 is 2.00 bits per heavy atom. The van der Waals surface area contributed by atoms with Gasteiger partial charge in [-0.05, 0) is 65.2 Å². The Morgan fingerprint density at radius 3 is 2.53 bits per heavy atom. The molecule has 0 aliphatic carbocycles. The van der Waals surface area contributed by atoms with Crippen LogP contribution in [0.15, 0.2) is 29.0 Å². The molecule has 0 bridgehead atoms. The fourth-order valence-electron chi connectivity index (χ4n) is 2.17. The molecule has 0 saturated carbocycles. The first kappa shape index (κ1) is 16.4. The molecule has 1 heterocycles. The predicted molar refractivity (Wildman–Crippen MR) is 85.0 cm³/mol. The van der Waals surface area contributed by atoms with Gasteiger partial charge in [0.15, 0.2) is 0 Å². The molecule has 19 heavy (non-hydrogen) atoms. The molecule has 2 nitrogen and oxygen atoms in total. The number of pyridine rings is 1. The van der Waals surface area contributed by atoms with Crippen molar-refractivity contribution < 1.29 is 5.11 Å². The Hall–Kier alpha value is -0.670. The quantitative estimate of drug-likeness (QED) is 0.767. The van der Waals surface area contributed by atoms with E-state index in [4.69, 9.17) is 0 Å². The predicted octanol–water partition coefficient (Wildman–Crippen LogP) is 4.97. The van der Waals surface area contributed by atoms with Crippen LogP contribution >= 0.6 is 15.9 Å². The lowest BCUT2D eigenvalue weighted by molar-refractivity contribution is 0.0246. The highest BCUT2D eigenvalue weighted by molar-refractivity contribution is 9.10. The largest absolute Gasteiger partial charge is 0.390 e. The topological polar surface area (TPSA) is 33.1 Å².